The van der Waals surface area contributed by atoms with Crippen LogP contribution in [0.15, 0.2) is 22.7 Å². The van der Waals surface area contributed by atoms with Crippen LogP contribution in [0.2, 0.25) is 10.0 Å². The monoisotopic (exact) mass is 461 g/mol. The van der Waals surface area contributed by atoms with E-state index in [9.17, 15) is 4.79 Å². The van der Waals surface area contributed by atoms with Gasteiger partial charge in [0.05, 0.1) is 29.7 Å². The fraction of sp³-hybridized carbons (Fsp3) is 0.350. The molecule has 0 saturated carbocycles. The molecule has 1 rings (SSSR count). The number of ether oxygens (including phenoxy) is 2. The Morgan fingerprint density at radius 1 is 1.07 bits per heavy atom. The maximum atomic E-state index is 12.0. The number of hydrogen-bond donors (Lipinski definition) is 0. The molecule has 0 bridgehead atoms. The summed E-state index contributed by atoms with van der Waals surface area (Å²) in [7, 11) is 0. The van der Waals surface area contributed by atoms with Crippen LogP contribution in [0.1, 0.15) is 19.3 Å². The first-order valence-electron chi connectivity index (χ1n) is 8.29. The first kappa shape index (κ1) is 24.3. The predicted octanol–water partition coefficient (Wildman–Crippen LogP) is 5.34. The highest BCUT2D eigenvalue weighted by atomic mass is 35.5. The van der Waals surface area contributed by atoms with E-state index in [0.717, 1.165) is 0 Å². The van der Waals surface area contributed by atoms with Gasteiger partial charge in [-0.25, -0.2) is 0 Å². The molecule has 28 heavy (non-hydrogen) atoms. The molecule has 0 saturated heterocycles. The molecular weight excluding hydrogens is 444 g/mol. The van der Waals surface area contributed by atoms with Crippen LogP contribution in [0.3, 0.4) is 0 Å². The number of halogens is 4. The van der Waals surface area contributed by atoms with Gasteiger partial charge in [0.1, 0.15) is 16.8 Å². The summed E-state index contributed by atoms with van der Waals surface area (Å²) in [6.07, 6.45) is 13.5. The van der Waals surface area contributed by atoms with Crippen LogP contribution in [-0.4, -0.2) is 37.1 Å². The van der Waals surface area contributed by atoms with Crippen LogP contribution in [-0.2, 0) is 4.79 Å². The third-order valence-electron chi connectivity index (χ3n) is 3.41. The lowest BCUT2D eigenvalue weighted by Crippen LogP contribution is -2.31. The van der Waals surface area contributed by atoms with Crippen LogP contribution in [0, 0.1) is 24.7 Å². The molecule has 1 aromatic rings. The zero-order valence-corrected chi connectivity index (χ0v) is 18.0. The van der Waals surface area contributed by atoms with Gasteiger partial charge >= 0.3 is 0 Å². The molecule has 4 nitrogen and oxygen atoms in total. The topological polar surface area (TPSA) is 38.8 Å². The number of rotatable bonds is 11. The van der Waals surface area contributed by atoms with Crippen molar-refractivity contribution < 1.29 is 14.3 Å². The zero-order valence-electron chi connectivity index (χ0n) is 15.0. The number of carbonyl (C=O) groups excluding carboxylic acids is 1. The Bertz CT molecular complexity index is 738. The average Bonchev–Trinajstić information content (AvgIpc) is 2.62. The molecule has 8 heteroatoms. The van der Waals surface area contributed by atoms with Gasteiger partial charge in [-0.3, -0.25) is 4.79 Å². The van der Waals surface area contributed by atoms with Crippen molar-refractivity contribution in [3.8, 4) is 36.2 Å². The van der Waals surface area contributed by atoms with Gasteiger partial charge in [0, 0.05) is 18.6 Å². The third kappa shape index (κ3) is 9.00. The molecule has 0 spiro atoms. The Labute approximate surface area is 185 Å². The van der Waals surface area contributed by atoms with Crippen molar-refractivity contribution in [3.05, 3.63) is 32.7 Å². The standard InChI is InChI=1S/C20H19Cl4NO3/c1-3-9-25(10-4-2)19(26)7-5-6-11-28-20-16(21)13-15(14-17(20)22)27-12-8-18(23)24/h1-2,8,13-14H,5-7,9-12H2. The summed E-state index contributed by atoms with van der Waals surface area (Å²) in [5.41, 5.74) is 0. The molecule has 0 N–H and O–H groups in total. The lowest BCUT2D eigenvalue weighted by Gasteiger charge is -2.17. The van der Waals surface area contributed by atoms with Crippen molar-refractivity contribution in [3.63, 3.8) is 0 Å². The van der Waals surface area contributed by atoms with Crippen molar-refractivity contribution in [2.24, 2.45) is 0 Å². The van der Waals surface area contributed by atoms with Crippen LogP contribution >= 0.6 is 46.4 Å². The quantitative estimate of drug-likeness (QED) is 0.329. The highest BCUT2D eigenvalue weighted by Gasteiger charge is 2.12. The van der Waals surface area contributed by atoms with Gasteiger partial charge < -0.3 is 14.4 Å². The van der Waals surface area contributed by atoms with Gasteiger partial charge in [0.25, 0.3) is 0 Å². The summed E-state index contributed by atoms with van der Waals surface area (Å²) in [6.45, 7) is 0.930. The summed E-state index contributed by atoms with van der Waals surface area (Å²) in [5.74, 6) is 5.57. The molecular formula is C20H19Cl4NO3. The molecule has 0 aromatic heterocycles. The minimum atomic E-state index is -0.0837. The van der Waals surface area contributed by atoms with Crippen molar-refractivity contribution in [1.82, 2.24) is 4.90 Å². The number of unbranched alkanes of at least 4 members (excludes halogenated alkanes) is 1. The maximum absolute atomic E-state index is 12.0. The first-order chi connectivity index (χ1) is 13.4. The van der Waals surface area contributed by atoms with Gasteiger partial charge in [-0.05, 0) is 18.9 Å². The second-order valence-corrected chi connectivity index (χ2v) is 7.31. The Balaban J connectivity index is 2.47. The van der Waals surface area contributed by atoms with E-state index < -0.39 is 0 Å². The largest absolute Gasteiger partial charge is 0.490 e. The molecule has 0 unspecified atom stereocenters. The van der Waals surface area contributed by atoms with Crippen LogP contribution in [0.5, 0.6) is 11.5 Å². The predicted molar refractivity (Wildman–Crippen MR) is 115 cm³/mol. The minimum absolute atomic E-state index is 0.0837. The van der Waals surface area contributed by atoms with Gasteiger partial charge in [0.2, 0.25) is 5.91 Å². The zero-order chi connectivity index (χ0) is 20.9. The first-order valence-corrected chi connectivity index (χ1v) is 9.80. The van der Waals surface area contributed by atoms with Crippen molar-refractivity contribution >= 4 is 52.3 Å². The van der Waals surface area contributed by atoms with E-state index in [1.807, 2.05) is 0 Å². The normalized spacial score (nSPS) is 9.79. The number of nitrogens with zero attached hydrogens (tertiary/aromatic N) is 1. The molecule has 150 valence electrons. The molecule has 0 heterocycles. The van der Waals surface area contributed by atoms with E-state index in [-0.39, 0.29) is 30.1 Å². The molecule has 0 radical (unpaired) electrons. The van der Waals surface area contributed by atoms with Gasteiger partial charge in [-0.1, -0.05) is 58.2 Å². The van der Waals surface area contributed by atoms with E-state index in [4.69, 9.17) is 68.7 Å². The molecule has 0 atom stereocenters. The Hall–Kier alpha value is -1.69. The second-order valence-electron chi connectivity index (χ2n) is 5.48. The van der Waals surface area contributed by atoms with E-state index in [2.05, 4.69) is 11.8 Å². The lowest BCUT2D eigenvalue weighted by molar-refractivity contribution is -0.130. The van der Waals surface area contributed by atoms with Crippen LogP contribution in [0.25, 0.3) is 0 Å². The van der Waals surface area contributed by atoms with Crippen molar-refractivity contribution in [1.29, 1.82) is 0 Å². The number of benzene rings is 1. The maximum Gasteiger partial charge on any atom is 0.224 e. The molecule has 0 aliphatic rings. The van der Waals surface area contributed by atoms with Gasteiger partial charge in [0.15, 0.2) is 5.75 Å². The van der Waals surface area contributed by atoms with Crippen LogP contribution < -0.4 is 9.47 Å². The fourth-order valence-electron chi connectivity index (χ4n) is 2.12. The Morgan fingerprint density at radius 2 is 1.68 bits per heavy atom. The van der Waals surface area contributed by atoms with Crippen LogP contribution in [0.4, 0.5) is 0 Å². The second kappa shape index (κ2) is 13.5. The Morgan fingerprint density at radius 3 is 2.21 bits per heavy atom. The van der Waals surface area contributed by atoms with E-state index >= 15 is 0 Å². The van der Waals surface area contributed by atoms with Crippen molar-refractivity contribution in [2.75, 3.05) is 26.3 Å². The molecule has 0 aliphatic heterocycles. The van der Waals surface area contributed by atoms with E-state index in [1.165, 1.54) is 11.0 Å². The number of terminal acetylenes is 2. The highest BCUT2D eigenvalue weighted by Crippen LogP contribution is 2.37. The van der Waals surface area contributed by atoms with E-state index in [0.29, 0.717) is 47.4 Å². The smallest absolute Gasteiger partial charge is 0.224 e. The summed E-state index contributed by atoms with van der Waals surface area (Å²) in [6, 6.07) is 3.17. The van der Waals surface area contributed by atoms with Gasteiger partial charge in [-0.15, -0.1) is 12.8 Å². The minimum Gasteiger partial charge on any atom is -0.490 e. The Kier molecular flexibility index (Phi) is 11.7. The lowest BCUT2D eigenvalue weighted by atomic mass is 10.2. The van der Waals surface area contributed by atoms with E-state index in [1.54, 1.807) is 12.1 Å². The third-order valence-corrected chi connectivity index (χ3v) is 4.28. The number of amides is 1. The highest BCUT2D eigenvalue weighted by molar-refractivity contribution is 6.55. The number of carbonyl (C=O) groups is 1. The summed E-state index contributed by atoms with van der Waals surface area (Å²) < 4.78 is 11.2. The molecule has 1 aromatic carbocycles. The van der Waals surface area contributed by atoms with Crippen molar-refractivity contribution in [2.45, 2.75) is 19.3 Å². The summed E-state index contributed by atoms with van der Waals surface area (Å²) >= 11 is 23.4. The summed E-state index contributed by atoms with van der Waals surface area (Å²) in [5, 5.41) is 0.627. The average molecular weight is 463 g/mol. The molecule has 0 fully saturated rings. The molecule has 0 aliphatic carbocycles. The van der Waals surface area contributed by atoms with Gasteiger partial charge in [-0.2, -0.15) is 0 Å². The fourth-order valence-corrected chi connectivity index (χ4v) is 2.82. The number of hydrogen-bond acceptors (Lipinski definition) is 3. The summed E-state index contributed by atoms with van der Waals surface area (Å²) in [4.78, 5) is 13.5. The SMILES string of the molecule is C#CCN(CC#C)C(=O)CCCCOc1c(Cl)cc(OCC=C(Cl)Cl)cc1Cl. The molecule has 1 amide bonds.